The van der Waals surface area contributed by atoms with Crippen LogP contribution < -0.4 is 14.3 Å². The summed E-state index contributed by atoms with van der Waals surface area (Å²) in [4.78, 5) is 12.0. The van der Waals surface area contributed by atoms with Crippen molar-refractivity contribution < 1.29 is 40.0 Å². The predicted octanol–water partition coefficient (Wildman–Crippen LogP) is 3.82. The monoisotopic (exact) mass is 507 g/mol. The molecule has 3 rings (SSSR count). The van der Waals surface area contributed by atoms with Crippen LogP contribution in [-0.2, 0) is 27.5 Å². The summed E-state index contributed by atoms with van der Waals surface area (Å²) < 4.78 is 75.2. The van der Waals surface area contributed by atoms with E-state index in [0.29, 0.717) is 23.4 Å². The molecule has 11 heteroatoms. The van der Waals surface area contributed by atoms with Crippen LogP contribution >= 0.6 is 0 Å². The number of benzene rings is 3. The van der Waals surface area contributed by atoms with Gasteiger partial charge in [-0.3, -0.25) is 4.79 Å². The summed E-state index contributed by atoms with van der Waals surface area (Å²) in [6.07, 6.45) is -3.07. The number of alkyl halides is 3. The Morgan fingerprint density at radius 2 is 1.71 bits per heavy atom. The first-order valence-corrected chi connectivity index (χ1v) is 11.6. The lowest BCUT2D eigenvalue weighted by Crippen LogP contribution is -2.34. The molecular weight excluding hydrogens is 485 g/mol. The lowest BCUT2D eigenvalue weighted by atomic mass is 10.1. The molecule has 0 aromatic heterocycles. The van der Waals surface area contributed by atoms with Crippen molar-refractivity contribution in [1.29, 1.82) is 0 Å². The van der Waals surface area contributed by atoms with Crippen molar-refractivity contribution in [2.45, 2.75) is 17.5 Å². The van der Waals surface area contributed by atoms with Crippen LogP contribution in [0.4, 0.5) is 13.2 Å². The molecule has 184 valence electrons. The number of nitrogens with zero attached hydrogens (tertiary/aromatic N) is 1. The van der Waals surface area contributed by atoms with Gasteiger partial charge in [0.05, 0.1) is 24.7 Å². The zero-order valence-corrected chi connectivity index (χ0v) is 19.6. The van der Waals surface area contributed by atoms with Gasteiger partial charge in [0.2, 0.25) is 6.21 Å². The van der Waals surface area contributed by atoms with Crippen LogP contribution in [0.2, 0.25) is 0 Å². The van der Waals surface area contributed by atoms with E-state index in [0.717, 1.165) is 17.7 Å². The zero-order valence-electron chi connectivity index (χ0n) is 18.7. The number of methoxy groups -OCH3 is 1. The van der Waals surface area contributed by atoms with E-state index >= 15 is 0 Å². The van der Waals surface area contributed by atoms with Gasteiger partial charge in [0.25, 0.3) is 5.91 Å². The maximum atomic E-state index is 12.8. The first-order chi connectivity index (χ1) is 16.5. The lowest BCUT2D eigenvalue weighted by Gasteiger charge is -2.10. The number of halogens is 3. The van der Waals surface area contributed by atoms with Crippen molar-refractivity contribution in [3.8, 4) is 11.5 Å². The normalized spacial score (nSPS) is 12.2. The molecule has 0 unspecified atom stereocenters. The molecule has 0 aliphatic carbocycles. The number of carbonyl (C=O) groups excluding carboxylic acids is 1. The summed E-state index contributed by atoms with van der Waals surface area (Å²) in [6, 6.07) is 16.1. The molecule has 0 radical (unpaired) electrons. The minimum atomic E-state index is -4.59. The van der Waals surface area contributed by atoms with Crippen molar-refractivity contribution in [2.75, 3.05) is 14.2 Å². The second kappa shape index (κ2) is 10.6. The second-order valence-corrected chi connectivity index (χ2v) is 8.95. The summed E-state index contributed by atoms with van der Waals surface area (Å²) in [7, 11) is -1.34. The van der Waals surface area contributed by atoms with Crippen LogP contribution in [0.15, 0.2) is 77.7 Å². The SMILES string of the molecule is COc1cccc(CC(=O)N/[N+](C)=C/c2ccccc2OS(=O)(=O)c2ccc(C(F)(F)F)cc2)c1. The minimum Gasteiger partial charge on any atom is -0.497 e. The Balaban J connectivity index is 1.74. The fourth-order valence-corrected chi connectivity index (χ4v) is 4.04. The molecule has 3 aromatic rings. The maximum absolute atomic E-state index is 12.8. The van der Waals surface area contributed by atoms with Crippen molar-refractivity contribution in [2.24, 2.45) is 0 Å². The molecule has 3 aromatic carbocycles. The fourth-order valence-electron chi connectivity index (χ4n) is 3.08. The molecule has 0 saturated carbocycles. The molecule has 7 nitrogen and oxygen atoms in total. The van der Waals surface area contributed by atoms with Gasteiger partial charge in [-0.05, 0) is 54.1 Å². The number of hydrogen-bond donors (Lipinski definition) is 1. The Morgan fingerprint density at radius 1 is 1.03 bits per heavy atom. The number of ether oxygens (including phenoxy) is 1. The standard InChI is InChI=1S/C24H21F3N2O5S/c1-29(28-23(30)15-17-6-5-8-20(14-17)33-2)16-18-7-3-4-9-22(18)34-35(31,32)21-12-10-19(11-13-21)24(25,26)27/h3-14,16H,15H2,1-2H3/p+1/b29-16+. The predicted molar refractivity (Wildman–Crippen MR) is 122 cm³/mol. The zero-order chi connectivity index (χ0) is 25.6. The molecule has 0 heterocycles. The Hall–Kier alpha value is -3.86. The molecule has 0 aliphatic heterocycles. The average molecular weight is 508 g/mol. The maximum Gasteiger partial charge on any atom is 0.416 e. The van der Waals surface area contributed by atoms with Crippen LogP contribution in [-0.4, -0.2) is 39.4 Å². The van der Waals surface area contributed by atoms with Gasteiger partial charge in [0, 0.05) is 0 Å². The van der Waals surface area contributed by atoms with Crippen molar-refractivity contribution in [3.63, 3.8) is 0 Å². The van der Waals surface area contributed by atoms with Crippen LogP contribution in [0, 0.1) is 0 Å². The molecule has 0 spiro atoms. The van der Waals surface area contributed by atoms with Crippen molar-refractivity contribution >= 4 is 22.2 Å². The van der Waals surface area contributed by atoms with E-state index < -0.39 is 26.8 Å². The number of hydrazone groups is 1. The number of rotatable bonds is 8. The molecule has 0 aliphatic rings. The summed E-state index contributed by atoms with van der Waals surface area (Å²) in [6.45, 7) is 0. The third kappa shape index (κ3) is 7.06. The van der Waals surface area contributed by atoms with Crippen LogP contribution in [0.3, 0.4) is 0 Å². The number of amides is 1. The quantitative estimate of drug-likeness (QED) is 0.217. The highest BCUT2D eigenvalue weighted by Gasteiger charge is 2.31. The third-order valence-electron chi connectivity index (χ3n) is 4.72. The van der Waals surface area contributed by atoms with E-state index in [4.69, 9.17) is 8.92 Å². The van der Waals surface area contributed by atoms with Gasteiger partial charge in [0.15, 0.2) is 12.8 Å². The number of para-hydroxylation sites is 1. The van der Waals surface area contributed by atoms with Crippen molar-refractivity contribution in [1.82, 2.24) is 5.43 Å². The lowest BCUT2D eigenvalue weighted by molar-refractivity contribution is -0.541. The second-order valence-electron chi connectivity index (χ2n) is 7.40. The summed E-state index contributed by atoms with van der Waals surface area (Å²) in [5.74, 6) is 0.226. The van der Waals surface area contributed by atoms with Gasteiger partial charge in [-0.2, -0.15) is 21.6 Å². The highest BCUT2D eigenvalue weighted by molar-refractivity contribution is 7.87. The van der Waals surface area contributed by atoms with Gasteiger partial charge >= 0.3 is 16.3 Å². The van der Waals surface area contributed by atoms with Crippen LogP contribution in [0.1, 0.15) is 16.7 Å². The van der Waals surface area contributed by atoms with Crippen molar-refractivity contribution in [3.05, 3.63) is 89.5 Å². The number of hydrazine groups is 1. The smallest absolute Gasteiger partial charge is 0.416 e. The molecule has 35 heavy (non-hydrogen) atoms. The van der Waals surface area contributed by atoms with E-state index in [2.05, 4.69) is 5.43 Å². The fraction of sp³-hybridized carbons (Fsp3) is 0.167. The van der Waals surface area contributed by atoms with E-state index in [1.54, 1.807) is 43.4 Å². The molecule has 0 fully saturated rings. The highest BCUT2D eigenvalue weighted by atomic mass is 32.2. The average Bonchev–Trinajstić information content (AvgIpc) is 2.79. The largest absolute Gasteiger partial charge is 0.497 e. The summed E-state index contributed by atoms with van der Waals surface area (Å²) in [5, 5.41) is 0. The molecule has 0 atom stereocenters. The molecule has 1 N–H and O–H groups in total. The third-order valence-corrected chi connectivity index (χ3v) is 5.97. The van der Waals surface area contributed by atoms with E-state index in [1.165, 1.54) is 30.1 Å². The van der Waals surface area contributed by atoms with Gasteiger partial charge in [0.1, 0.15) is 10.6 Å². The molecule has 1 amide bonds. The molecule has 0 saturated heterocycles. The Kier molecular flexibility index (Phi) is 7.80. The first-order valence-electron chi connectivity index (χ1n) is 10.2. The number of hydrogen-bond acceptors (Lipinski definition) is 5. The van der Waals surface area contributed by atoms with Crippen LogP contribution in [0.5, 0.6) is 11.5 Å². The summed E-state index contributed by atoms with van der Waals surface area (Å²) in [5.41, 5.74) is 2.72. The van der Waals surface area contributed by atoms with Crippen LogP contribution in [0.25, 0.3) is 0 Å². The Bertz CT molecular complexity index is 1340. The molecule has 0 bridgehead atoms. The van der Waals surface area contributed by atoms with Gasteiger partial charge in [-0.1, -0.05) is 24.3 Å². The Morgan fingerprint density at radius 3 is 2.37 bits per heavy atom. The van der Waals surface area contributed by atoms with Gasteiger partial charge < -0.3 is 8.92 Å². The van der Waals surface area contributed by atoms with E-state index in [1.807, 2.05) is 0 Å². The highest BCUT2D eigenvalue weighted by Crippen LogP contribution is 2.30. The van der Waals surface area contributed by atoms with Gasteiger partial charge in [-0.25, -0.2) is 0 Å². The molecular formula is C24H22F3N2O5S+. The van der Waals surface area contributed by atoms with E-state index in [-0.39, 0.29) is 18.1 Å². The topological polar surface area (TPSA) is 84.7 Å². The van der Waals surface area contributed by atoms with E-state index in [9.17, 15) is 26.4 Å². The number of carbonyl (C=O) groups is 1. The Labute approximate surface area is 200 Å². The number of nitrogens with one attached hydrogen (secondary N) is 1. The first kappa shape index (κ1) is 25.8. The summed E-state index contributed by atoms with van der Waals surface area (Å²) >= 11 is 0. The minimum absolute atomic E-state index is 0.0682. The van der Waals surface area contributed by atoms with Gasteiger partial charge in [-0.15, -0.1) is 10.1 Å².